The van der Waals surface area contributed by atoms with E-state index in [1.165, 1.54) is 0 Å². The maximum atomic E-state index is 12.0. The van der Waals surface area contributed by atoms with Crippen molar-refractivity contribution in [3.63, 3.8) is 0 Å². The molecule has 0 atom stereocenters. The third-order valence-electron chi connectivity index (χ3n) is 3.24. The summed E-state index contributed by atoms with van der Waals surface area (Å²) < 4.78 is 1.01. The predicted octanol–water partition coefficient (Wildman–Crippen LogP) is 5.44. The molecule has 0 aliphatic rings. The minimum Gasteiger partial charge on any atom is -0.355 e. The van der Waals surface area contributed by atoms with Crippen LogP contribution in [0.15, 0.2) is 70.5 Å². The Morgan fingerprint density at radius 1 is 0.957 bits per heavy atom. The van der Waals surface area contributed by atoms with Crippen molar-refractivity contribution in [2.75, 3.05) is 10.6 Å². The predicted molar refractivity (Wildman–Crippen MR) is 101 cm³/mol. The van der Waals surface area contributed by atoms with Gasteiger partial charge in [-0.25, -0.2) is 0 Å². The van der Waals surface area contributed by atoms with Gasteiger partial charge < -0.3 is 10.6 Å². The lowest BCUT2D eigenvalue weighted by atomic mass is 10.2. The minimum absolute atomic E-state index is 0.000960. The maximum absolute atomic E-state index is 12.0. The van der Waals surface area contributed by atoms with E-state index in [0.717, 1.165) is 26.4 Å². The molecule has 1 aromatic heterocycles. The Hall–Kier alpha value is -2.11. The van der Waals surface area contributed by atoms with Crippen molar-refractivity contribution in [1.29, 1.82) is 0 Å². The summed E-state index contributed by atoms with van der Waals surface area (Å²) in [4.78, 5) is 13.0. The third-order valence-corrected chi connectivity index (χ3v) is 4.80. The molecule has 0 aliphatic heterocycles. The van der Waals surface area contributed by atoms with E-state index in [4.69, 9.17) is 0 Å². The summed E-state index contributed by atoms with van der Waals surface area (Å²) in [5, 5.41) is 8.22. The topological polar surface area (TPSA) is 41.1 Å². The van der Waals surface area contributed by atoms with Crippen molar-refractivity contribution in [2.45, 2.75) is 6.42 Å². The van der Waals surface area contributed by atoms with Gasteiger partial charge in [0.05, 0.1) is 12.1 Å². The van der Waals surface area contributed by atoms with Crippen molar-refractivity contribution >= 4 is 50.2 Å². The van der Waals surface area contributed by atoms with Crippen molar-refractivity contribution < 1.29 is 4.79 Å². The molecule has 23 heavy (non-hydrogen) atoms. The lowest BCUT2D eigenvalue weighted by molar-refractivity contribution is -0.115. The zero-order chi connectivity index (χ0) is 16.1. The molecule has 0 bridgehead atoms. The van der Waals surface area contributed by atoms with Crippen LogP contribution in [0.4, 0.5) is 17.1 Å². The van der Waals surface area contributed by atoms with Gasteiger partial charge >= 0.3 is 0 Å². The summed E-state index contributed by atoms with van der Waals surface area (Å²) in [6.45, 7) is 0. The molecule has 1 amide bonds. The molecule has 0 radical (unpaired) electrons. The number of nitrogens with one attached hydrogen (secondary N) is 2. The SMILES string of the molecule is O=C(Cc1cccs1)Nc1ccc(Nc2ccccc2Br)cc1. The quantitative estimate of drug-likeness (QED) is 0.613. The van der Waals surface area contributed by atoms with Gasteiger partial charge in [-0.15, -0.1) is 11.3 Å². The Kier molecular flexibility index (Phi) is 5.10. The number of halogens is 1. The summed E-state index contributed by atoms with van der Waals surface area (Å²) >= 11 is 5.10. The van der Waals surface area contributed by atoms with Crippen LogP contribution >= 0.6 is 27.3 Å². The molecule has 1 heterocycles. The molecule has 0 saturated heterocycles. The van der Waals surface area contributed by atoms with Crippen LogP contribution in [0, 0.1) is 0 Å². The van der Waals surface area contributed by atoms with Crippen LogP contribution < -0.4 is 10.6 Å². The van der Waals surface area contributed by atoms with E-state index in [0.29, 0.717) is 6.42 Å². The number of carbonyl (C=O) groups is 1. The molecule has 0 aliphatic carbocycles. The second-order valence-corrected chi connectivity index (χ2v) is 6.87. The van der Waals surface area contributed by atoms with Gasteiger partial charge in [-0.1, -0.05) is 18.2 Å². The first-order valence-electron chi connectivity index (χ1n) is 7.14. The van der Waals surface area contributed by atoms with Crippen LogP contribution in [0.2, 0.25) is 0 Å². The summed E-state index contributed by atoms with van der Waals surface area (Å²) in [6.07, 6.45) is 0.411. The van der Waals surface area contributed by atoms with Gasteiger partial charge in [-0.3, -0.25) is 4.79 Å². The van der Waals surface area contributed by atoms with Crippen molar-refractivity contribution in [3.8, 4) is 0 Å². The Balaban J connectivity index is 1.61. The summed E-state index contributed by atoms with van der Waals surface area (Å²) in [6, 6.07) is 19.5. The van der Waals surface area contributed by atoms with E-state index in [1.807, 2.05) is 66.0 Å². The number of hydrogen-bond donors (Lipinski definition) is 2. The maximum Gasteiger partial charge on any atom is 0.229 e. The number of thiophene rings is 1. The zero-order valence-corrected chi connectivity index (χ0v) is 14.7. The number of hydrogen-bond acceptors (Lipinski definition) is 3. The molecule has 0 spiro atoms. The fraction of sp³-hybridized carbons (Fsp3) is 0.0556. The number of benzene rings is 2. The van der Waals surface area contributed by atoms with Gasteiger partial charge in [0.2, 0.25) is 5.91 Å². The van der Waals surface area contributed by atoms with E-state index >= 15 is 0 Å². The third kappa shape index (κ3) is 4.43. The molecule has 3 nitrogen and oxygen atoms in total. The monoisotopic (exact) mass is 386 g/mol. The molecule has 116 valence electrons. The number of carbonyl (C=O) groups excluding carboxylic acids is 1. The van der Waals surface area contributed by atoms with Gasteiger partial charge in [0, 0.05) is 20.7 Å². The molecular weight excluding hydrogens is 372 g/mol. The van der Waals surface area contributed by atoms with Gasteiger partial charge in [0.15, 0.2) is 0 Å². The van der Waals surface area contributed by atoms with Gasteiger partial charge in [0.25, 0.3) is 0 Å². The van der Waals surface area contributed by atoms with Crippen molar-refractivity contribution in [3.05, 3.63) is 75.4 Å². The number of amides is 1. The Labute approximate surface area is 147 Å². The standard InChI is InChI=1S/C18H15BrN2OS/c19-16-5-1-2-6-17(16)20-13-7-9-14(10-8-13)21-18(22)12-15-4-3-11-23-15/h1-11,20H,12H2,(H,21,22). The molecule has 2 N–H and O–H groups in total. The Bertz CT molecular complexity index is 785. The molecule has 5 heteroatoms. The lowest BCUT2D eigenvalue weighted by Gasteiger charge is -2.10. The molecule has 2 aromatic carbocycles. The van der Waals surface area contributed by atoms with E-state index in [9.17, 15) is 4.79 Å². The number of rotatable bonds is 5. The van der Waals surface area contributed by atoms with Gasteiger partial charge in [0.1, 0.15) is 0 Å². The first-order chi connectivity index (χ1) is 11.2. The fourth-order valence-corrected chi connectivity index (χ4v) is 3.22. The number of para-hydroxylation sites is 1. The molecule has 3 rings (SSSR count). The van der Waals surface area contributed by atoms with Crippen molar-refractivity contribution in [1.82, 2.24) is 0 Å². The molecule has 3 aromatic rings. The van der Waals surface area contributed by atoms with Crippen LogP contribution in [-0.2, 0) is 11.2 Å². The average Bonchev–Trinajstić information content (AvgIpc) is 3.04. The highest BCUT2D eigenvalue weighted by atomic mass is 79.9. The van der Waals surface area contributed by atoms with Crippen LogP contribution in [0.5, 0.6) is 0 Å². The summed E-state index contributed by atoms with van der Waals surface area (Å²) in [7, 11) is 0. The highest BCUT2D eigenvalue weighted by Gasteiger charge is 2.05. The van der Waals surface area contributed by atoms with E-state index in [1.54, 1.807) is 11.3 Å². The van der Waals surface area contributed by atoms with Crippen LogP contribution in [0.1, 0.15) is 4.88 Å². The molecule has 0 unspecified atom stereocenters. The van der Waals surface area contributed by atoms with Crippen LogP contribution in [0.25, 0.3) is 0 Å². The molecular formula is C18H15BrN2OS. The fourth-order valence-electron chi connectivity index (χ4n) is 2.13. The Morgan fingerprint density at radius 3 is 2.39 bits per heavy atom. The molecule has 0 saturated carbocycles. The second-order valence-electron chi connectivity index (χ2n) is 4.99. The van der Waals surface area contributed by atoms with Gasteiger partial charge in [-0.05, 0) is 63.8 Å². The van der Waals surface area contributed by atoms with Crippen LogP contribution in [-0.4, -0.2) is 5.91 Å². The average molecular weight is 387 g/mol. The minimum atomic E-state index is -0.000960. The highest BCUT2D eigenvalue weighted by Crippen LogP contribution is 2.26. The zero-order valence-electron chi connectivity index (χ0n) is 12.3. The first kappa shape index (κ1) is 15.8. The summed E-state index contributed by atoms with van der Waals surface area (Å²) in [5.74, 6) is -0.000960. The molecule has 0 fully saturated rings. The number of anilines is 3. The van der Waals surface area contributed by atoms with Crippen molar-refractivity contribution in [2.24, 2.45) is 0 Å². The van der Waals surface area contributed by atoms with E-state index < -0.39 is 0 Å². The van der Waals surface area contributed by atoms with Crippen LogP contribution in [0.3, 0.4) is 0 Å². The van der Waals surface area contributed by atoms with Gasteiger partial charge in [-0.2, -0.15) is 0 Å². The lowest BCUT2D eigenvalue weighted by Crippen LogP contribution is -2.13. The van der Waals surface area contributed by atoms with E-state index in [2.05, 4.69) is 26.6 Å². The normalized spacial score (nSPS) is 10.3. The second kappa shape index (κ2) is 7.44. The largest absolute Gasteiger partial charge is 0.355 e. The summed E-state index contributed by atoms with van der Waals surface area (Å²) in [5.41, 5.74) is 2.76. The first-order valence-corrected chi connectivity index (χ1v) is 8.82. The highest BCUT2D eigenvalue weighted by molar-refractivity contribution is 9.10. The Morgan fingerprint density at radius 2 is 1.70 bits per heavy atom. The van der Waals surface area contributed by atoms with E-state index in [-0.39, 0.29) is 5.91 Å². The smallest absolute Gasteiger partial charge is 0.229 e.